The number of thiol groups is 3. The molecule has 0 saturated heterocycles. The first-order chi connectivity index (χ1) is 11.5. The van der Waals surface area contributed by atoms with Crippen molar-refractivity contribution in [2.75, 3.05) is 37.1 Å². The lowest BCUT2D eigenvalue weighted by molar-refractivity contribution is -0.0969. The van der Waals surface area contributed by atoms with E-state index in [4.69, 9.17) is 14.2 Å². The third-order valence-electron chi connectivity index (χ3n) is 2.73. The number of carbonyl (C=O) groups excluding carboxylic acids is 2. The SMILES string of the molecule is O=C(OCCS)c1cc(C(=O)OCCS)cc(C(O)OCCS)c1. The van der Waals surface area contributed by atoms with Crippen LogP contribution >= 0.6 is 37.9 Å². The molecule has 24 heavy (non-hydrogen) atoms. The Labute approximate surface area is 157 Å². The summed E-state index contributed by atoms with van der Waals surface area (Å²) in [6, 6.07) is 4.15. The summed E-state index contributed by atoms with van der Waals surface area (Å²) in [6.45, 7) is 0.465. The zero-order chi connectivity index (χ0) is 17.9. The minimum atomic E-state index is -1.30. The summed E-state index contributed by atoms with van der Waals surface area (Å²) in [5, 5.41) is 10.0. The first kappa shape index (κ1) is 21.2. The van der Waals surface area contributed by atoms with Gasteiger partial charge in [0.15, 0.2) is 6.29 Å². The molecule has 0 aliphatic rings. The van der Waals surface area contributed by atoms with E-state index < -0.39 is 18.2 Å². The van der Waals surface area contributed by atoms with E-state index in [0.29, 0.717) is 17.3 Å². The molecule has 6 nitrogen and oxygen atoms in total. The highest BCUT2D eigenvalue weighted by molar-refractivity contribution is 7.80. The van der Waals surface area contributed by atoms with E-state index in [1.807, 2.05) is 0 Å². The lowest BCUT2D eigenvalue weighted by Gasteiger charge is -2.14. The molecular formula is C15H20O6S3. The number of carbonyl (C=O) groups is 2. The van der Waals surface area contributed by atoms with Gasteiger partial charge in [0, 0.05) is 22.8 Å². The average Bonchev–Trinajstić information content (AvgIpc) is 2.61. The van der Waals surface area contributed by atoms with E-state index in [-0.39, 0.29) is 36.5 Å². The Kier molecular flexibility index (Phi) is 10.3. The molecule has 134 valence electrons. The van der Waals surface area contributed by atoms with E-state index >= 15 is 0 Å². The molecule has 9 heteroatoms. The number of benzene rings is 1. The summed E-state index contributed by atoms with van der Waals surface area (Å²) in [5.41, 5.74) is 0.469. The fourth-order valence-corrected chi connectivity index (χ4v) is 2.02. The molecule has 1 atom stereocenters. The van der Waals surface area contributed by atoms with Crippen molar-refractivity contribution >= 4 is 49.8 Å². The van der Waals surface area contributed by atoms with Gasteiger partial charge < -0.3 is 19.3 Å². The van der Waals surface area contributed by atoms with Crippen LogP contribution in [0.15, 0.2) is 18.2 Å². The normalized spacial score (nSPS) is 11.8. The second kappa shape index (κ2) is 11.6. The summed E-state index contributed by atoms with van der Waals surface area (Å²) in [6.07, 6.45) is -1.30. The molecule has 1 N–H and O–H groups in total. The molecule has 0 amide bonds. The van der Waals surface area contributed by atoms with Crippen LogP contribution in [0.1, 0.15) is 32.6 Å². The molecule has 0 saturated carbocycles. The monoisotopic (exact) mass is 392 g/mol. The zero-order valence-electron chi connectivity index (χ0n) is 12.9. The maximum absolute atomic E-state index is 12.0. The molecule has 1 rings (SSSR count). The van der Waals surface area contributed by atoms with Crippen molar-refractivity contribution in [2.45, 2.75) is 6.29 Å². The van der Waals surface area contributed by atoms with E-state index in [1.165, 1.54) is 18.2 Å². The third-order valence-corrected chi connectivity index (χ3v) is 3.28. The zero-order valence-corrected chi connectivity index (χ0v) is 15.6. The molecule has 0 bridgehead atoms. The first-order valence-electron chi connectivity index (χ1n) is 7.15. The van der Waals surface area contributed by atoms with Gasteiger partial charge >= 0.3 is 11.9 Å². The van der Waals surface area contributed by atoms with Crippen LogP contribution in [0.2, 0.25) is 0 Å². The predicted molar refractivity (Wildman–Crippen MR) is 99.5 cm³/mol. The molecule has 0 heterocycles. The molecule has 1 aromatic carbocycles. The fraction of sp³-hybridized carbons (Fsp3) is 0.467. The van der Waals surface area contributed by atoms with Gasteiger partial charge in [-0.1, -0.05) is 0 Å². The summed E-state index contributed by atoms with van der Waals surface area (Å²) in [4.78, 5) is 24.1. The van der Waals surface area contributed by atoms with Crippen LogP contribution in [0.3, 0.4) is 0 Å². The van der Waals surface area contributed by atoms with Gasteiger partial charge in [-0.15, -0.1) is 0 Å². The van der Waals surface area contributed by atoms with Gasteiger partial charge in [-0.25, -0.2) is 9.59 Å². The number of aliphatic hydroxyl groups is 1. The topological polar surface area (TPSA) is 82.1 Å². The molecule has 1 aromatic rings. The average molecular weight is 393 g/mol. The van der Waals surface area contributed by atoms with Crippen molar-refractivity contribution in [1.29, 1.82) is 0 Å². The Balaban J connectivity index is 3.08. The molecular weight excluding hydrogens is 372 g/mol. The van der Waals surface area contributed by atoms with Crippen molar-refractivity contribution in [1.82, 2.24) is 0 Å². The van der Waals surface area contributed by atoms with Crippen molar-refractivity contribution in [3.05, 3.63) is 34.9 Å². The van der Waals surface area contributed by atoms with Crippen molar-refractivity contribution < 1.29 is 28.9 Å². The number of esters is 2. The van der Waals surface area contributed by atoms with E-state index in [2.05, 4.69) is 37.9 Å². The van der Waals surface area contributed by atoms with Gasteiger partial charge in [-0.05, 0) is 18.2 Å². The smallest absolute Gasteiger partial charge is 0.338 e. The van der Waals surface area contributed by atoms with Crippen LogP contribution in [0.5, 0.6) is 0 Å². The Morgan fingerprint density at radius 3 is 1.75 bits per heavy atom. The van der Waals surface area contributed by atoms with Crippen LogP contribution in [-0.4, -0.2) is 54.1 Å². The van der Waals surface area contributed by atoms with E-state index in [1.54, 1.807) is 0 Å². The largest absolute Gasteiger partial charge is 0.461 e. The highest BCUT2D eigenvalue weighted by Gasteiger charge is 2.18. The van der Waals surface area contributed by atoms with Gasteiger partial charge in [-0.2, -0.15) is 37.9 Å². The minimum Gasteiger partial charge on any atom is -0.461 e. The number of aliphatic hydroxyl groups excluding tert-OH is 1. The van der Waals surface area contributed by atoms with Crippen LogP contribution in [0.25, 0.3) is 0 Å². The van der Waals surface area contributed by atoms with E-state index in [0.717, 1.165) is 0 Å². The van der Waals surface area contributed by atoms with Gasteiger partial charge in [0.05, 0.1) is 17.7 Å². The predicted octanol–water partition coefficient (Wildman–Crippen LogP) is 1.80. The van der Waals surface area contributed by atoms with Gasteiger partial charge in [0.25, 0.3) is 0 Å². The van der Waals surface area contributed by atoms with Crippen LogP contribution in [-0.2, 0) is 14.2 Å². The van der Waals surface area contributed by atoms with Gasteiger partial charge in [0.2, 0.25) is 0 Å². The van der Waals surface area contributed by atoms with Gasteiger partial charge in [0.1, 0.15) is 13.2 Å². The van der Waals surface area contributed by atoms with E-state index in [9.17, 15) is 14.7 Å². The molecule has 0 radical (unpaired) electrons. The molecule has 0 fully saturated rings. The molecule has 0 aromatic heterocycles. The van der Waals surface area contributed by atoms with Crippen LogP contribution in [0.4, 0.5) is 0 Å². The van der Waals surface area contributed by atoms with Crippen molar-refractivity contribution in [3.63, 3.8) is 0 Å². The lowest BCUT2D eigenvalue weighted by Crippen LogP contribution is -2.14. The molecule has 0 aliphatic carbocycles. The Bertz CT molecular complexity index is 514. The molecule has 0 aliphatic heterocycles. The third kappa shape index (κ3) is 6.94. The standard InChI is InChI=1S/C15H20O6S3/c16-13(19-1-4-22)10-7-11(14(17)20-2-5-23)9-12(8-10)15(18)21-3-6-24/h7-9,13,16,22-24H,1-6H2. The van der Waals surface area contributed by atoms with Crippen LogP contribution < -0.4 is 0 Å². The quantitative estimate of drug-likeness (QED) is 0.276. The summed E-state index contributed by atoms with van der Waals surface area (Å²) in [7, 11) is 0. The summed E-state index contributed by atoms with van der Waals surface area (Å²) >= 11 is 11.9. The number of ether oxygens (including phenoxy) is 3. The number of hydrogen-bond acceptors (Lipinski definition) is 9. The number of hydrogen-bond donors (Lipinski definition) is 4. The summed E-state index contributed by atoms with van der Waals surface area (Å²) < 4.78 is 15.1. The second-order valence-electron chi connectivity index (χ2n) is 4.51. The highest BCUT2D eigenvalue weighted by atomic mass is 32.1. The van der Waals surface area contributed by atoms with Crippen molar-refractivity contribution in [2.24, 2.45) is 0 Å². The highest BCUT2D eigenvalue weighted by Crippen LogP contribution is 2.20. The van der Waals surface area contributed by atoms with Gasteiger partial charge in [-0.3, -0.25) is 0 Å². The Morgan fingerprint density at radius 1 is 0.875 bits per heavy atom. The Morgan fingerprint density at radius 2 is 1.33 bits per heavy atom. The second-order valence-corrected chi connectivity index (χ2v) is 5.85. The Hall–Kier alpha value is -0.870. The van der Waals surface area contributed by atoms with Crippen molar-refractivity contribution in [3.8, 4) is 0 Å². The molecule has 0 spiro atoms. The minimum absolute atomic E-state index is 0.112. The molecule has 1 unspecified atom stereocenters. The fourth-order valence-electron chi connectivity index (χ4n) is 1.73. The summed E-state index contributed by atoms with van der Waals surface area (Å²) in [5.74, 6) is -0.102. The maximum atomic E-state index is 12.0. The first-order valence-corrected chi connectivity index (χ1v) is 9.04. The maximum Gasteiger partial charge on any atom is 0.338 e. The van der Waals surface area contributed by atoms with Crippen LogP contribution in [0, 0.1) is 0 Å². The lowest BCUT2D eigenvalue weighted by atomic mass is 10.1. The number of rotatable bonds is 10.